The van der Waals surface area contributed by atoms with Crippen LogP contribution < -0.4 is 0 Å². The van der Waals surface area contributed by atoms with Crippen molar-refractivity contribution < 1.29 is 28.5 Å². The number of morpholine rings is 1. The van der Waals surface area contributed by atoms with Gasteiger partial charge in [0.2, 0.25) is 0 Å². The molecular formula is C22H35FN2O5. The minimum Gasteiger partial charge on any atom is -0.389 e. The van der Waals surface area contributed by atoms with Crippen LogP contribution in [0, 0.1) is 5.82 Å². The van der Waals surface area contributed by atoms with E-state index in [1.807, 2.05) is 20.8 Å². The zero-order chi connectivity index (χ0) is 22.1. The fourth-order valence-electron chi connectivity index (χ4n) is 3.25. The summed E-state index contributed by atoms with van der Waals surface area (Å²) in [6, 6.07) is 5.53. The van der Waals surface area contributed by atoms with Crippen molar-refractivity contribution in [3.63, 3.8) is 0 Å². The minimum absolute atomic E-state index is 0.185. The van der Waals surface area contributed by atoms with Crippen LogP contribution in [-0.2, 0) is 14.2 Å². The summed E-state index contributed by atoms with van der Waals surface area (Å²) in [6.45, 7) is 9.67. The number of β-amino-alcohol motifs (C(OH)–C–C–N with tert-alkyl or cyclic N) is 1. The fraction of sp³-hybridized carbons (Fsp3) is 0.682. The third kappa shape index (κ3) is 8.65. The first kappa shape index (κ1) is 24.7. The Hall–Kier alpha value is -1.58. The van der Waals surface area contributed by atoms with E-state index < -0.39 is 6.10 Å². The van der Waals surface area contributed by atoms with E-state index in [2.05, 4.69) is 4.90 Å². The van der Waals surface area contributed by atoms with Gasteiger partial charge in [0.05, 0.1) is 37.6 Å². The number of rotatable bonds is 10. The van der Waals surface area contributed by atoms with Gasteiger partial charge >= 0.3 is 0 Å². The summed E-state index contributed by atoms with van der Waals surface area (Å²) in [5.74, 6) is -0.568. The van der Waals surface area contributed by atoms with Gasteiger partial charge in [-0.3, -0.25) is 9.69 Å². The van der Waals surface area contributed by atoms with E-state index in [-0.39, 0.29) is 30.0 Å². The lowest BCUT2D eigenvalue weighted by Gasteiger charge is -2.36. The highest BCUT2D eigenvalue weighted by molar-refractivity contribution is 5.94. The van der Waals surface area contributed by atoms with Gasteiger partial charge in [-0.15, -0.1) is 0 Å². The van der Waals surface area contributed by atoms with E-state index in [4.69, 9.17) is 14.2 Å². The molecule has 0 bridgehead atoms. The van der Waals surface area contributed by atoms with Gasteiger partial charge in [-0.1, -0.05) is 0 Å². The van der Waals surface area contributed by atoms with Crippen LogP contribution in [0.5, 0.6) is 0 Å². The molecule has 1 amide bonds. The molecule has 2 atom stereocenters. The van der Waals surface area contributed by atoms with Crippen molar-refractivity contribution in [2.24, 2.45) is 0 Å². The maximum Gasteiger partial charge on any atom is 0.254 e. The second kappa shape index (κ2) is 11.7. The maximum atomic E-state index is 13.2. The molecule has 170 valence electrons. The molecule has 0 aromatic heterocycles. The van der Waals surface area contributed by atoms with E-state index in [1.54, 1.807) is 12.0 Å². The third-order valence-electron chi connectivity index (χ3n) is 4.77. The van der Waals surface area contributed by atoms with Crippen LogP contribution in [0.25, 0.3) is 0 Å². The summed E-state index contributed by atoms with van der Waals surface area (Å²) in [5.41, 5.74) is 0.131. The number of benzene rings is 1. The summed E-state index contributed by atoms with van der Waals surface area (Å²) >= 11 is 0. The number of hydrogen-bond donors (Lipinski definition) is 1. The Morgan fingerprint density at radius 3 is 2.70 bits per heavy atom. The van der Waals surface area contributed by atoms with Crippen LogP contribution >= 0.6 is 0 Å². The highest BCUT2D eigenvalue weighted by Gasteiger charge is 2.27. The fourth-order valence-corrected chi connectivity index (χ4v) is 3.25. The Bertz CT molecular complexity index is 650. The molecule has 1 heterocycles. The SMILES string of the molecule is COCCN(CC1CN(CC(O)COC(C)(C)C)CCO1)C(=O)c1ccc(F)cc1. The number of hydrogen-bond acceptors (Lipinski definition) is 6. The van der Waals surface area contributed by atoms with Gasteiger partial charge in [-0.05, 0) is 45.0 Å². The molecule has 30 heavy (non-hydrogen) atoms. The summed E-state index contributed by atoms with van der Waals surface area (Å²) in [4.78, 5) is 16.7. The number of carbonyl (C=O) groups excluding carboxylic acids is 1. The molecule has 2 unspecified atom stereocenters. The number of halogens is 1. The lowest BCUT2D eigenvalue weighted by molar-refractivity contribution is -0.0784. The molecule has 2 rings (SSSR count). The van der Waals surface area contributed by atoms with Crippen molar-refractivity contribution in [3.05, 3.63) is 35.6 Å². The smallest absolute Gasteiger partial charge is 0.254 e. The van der Waals surface area contributed by atoms with Crippen LogP contribution in [-0.4, -0.2) is 98.3 Å². The van der Waals surface area contributed by atoms with Gasteiger partial charge in [-0.25, -0.2) is 4.39 Å². The molecule has 1 aliphatic rings. The molecule has 1 saturated heterocycles. The number of nitrogens with zero attached hydrogens (tertiary/aromatic N) is 2. The molecular weight excluding hydrogens is 391 g/mol. The number of aliphatic hydroxyl groups is 1. The number of carbonyl (C=O) groups is 1. The highest BCUT2D eigenvalue weighted by atomic mass is 19.1. The second-order valence-corrected chi connectivity index (χ2v) is 8.58. The summed E-state index contributed by atoms with van der Waals surface area (Å²) in [5, 5.41) is 10.3. The normalized spacial score (nSPS) is 18.9. The van der Waals surface area contributed by atoms with Gasteiger partial charge in [0.15, 0.2) is 0 Å². The largest absolute Gasteiger partial charge is 0.389 e. The third-order valence-corrected chi connectivity index (χ3v) is 4.77. The van der Waals surface area contributed by atoms with E-state index in [0.29, 0.717) is 51.5 Å². The average molecular weight is 427 g/mol. The van der Waals surface area contributed by atoms with Crippen molar-refractivity contribution >= 4 is 5.91 Å². The summed E-state index contributed by atoms with van der Waals surface area (Å²) in [7, 11) is 1.58. The molecule has 0 saturated carbocycles. The molecule has 0 aliphatic carbocycles. The van der Waals surface area contributed by atoms with Gasteiger partial charge in [0, 0.05) is 45.4 Å². The quantitative estimate of drug-likeness (QED) is 0.615. The maximum absolute atomic E-state index is 13.2. The first-order valence-electron chi connectivity index (χ1n) is 10.4. The lowest BCUT2D eigenvalue weighted by Crippen LogP contribution is -2.51. The predicted molar refractivity (Wildman–Crippen MR) is 112 cm³/mol. The van der Waals surface area contributed by atoms with Crippen LogP contribution in [0.2, 0.25) is 0 Å². The molecule has 7 nitrogen and oxygen atoms in total. The molecule has 1 fully saturated rings. The predicted octanol–water partition coefficient (Wildman–Crippen LogP) is 1.79. The monoisotopic (exact) mass is 426 g/mol. The number of amides is 1. The van der Waals surface area contributed by atoms with Gasteiger partial charge in [0.1, 0.15) is 5.82 Å². The first-order valence-corrected chi connectivity index (χ1v) is 10.4. The van der Waals surface area contributed by atoms with E-state index in [9.17, 15) is 14.3 Å². The molecule has 0 spiro atoms. The van der Waals surface area contributed by atoms with Gasteiger partial charge in [-0.2, -0.15) is 0 Å². The minimum atomic E-state index is -0.589. The second-order valence-electron chi connectivity index (χ2n) is 8.58. The highest BCUT2D eigenvalue weighted by Crippen LogP contribution is 2.13. The molecule has 8 heteroatoms. The van der Waals surface area contributed by atoms with E-state index in [1.165, 1.54) is 24.3 Å². The van der Waals surface area contributed by atoms with Crippen molar-refractivity contribution in [2.75, 3.05) is 59.7 Å². The topological polar surface area (TPSA) is 71.5 Å². The number of methoxy groups -OCH3 is 1. The molecule has 1 aliphatic heterocycles. The standard InChI is InChI=1S/C22H35FN2O5/c1-22(2,3)30-16-19(26)13-24-9-12-29-20(14-24)15-25(10-11-28-4)21(27)17-5-7-18(23)8-6-17/h5-8,19-20,26H,9-16H2,1-4H3. The number of aliphatic hydroxyl groups excluding tert-OH is 1. The summed E-state index contributed by atoms with van der Waals surface area (Å²) < 4.78 is 29.9. The molecule has 1 aromatic carbocycles. The van der Waals surface area contributed by atoms with Crippen molar-refractivity contribution in [2.45, 2.75) is 38.6 Å². The van der Waals surface area contributed by atoms with Gasteiger partial charge in [0.25, 0.3) is 5.91 Å². The van der Waals surface area contributed by atoms with Crippen LogP contribution in [0.15, 0.2) is 24.3 Å². The van der Waals surface area contributed by atoms with Crippen molar-refractivity contribution in [3.8, 4) is 0 Å². The number of ether oxygens (including phenoxy) is 3. The van der Waals surface area contributed by atoms with Crippen LogP contribution in [0.4, 0.5) is 4.39 Å². The Morgan fingerprint density at radius 2 is 2.07 bits per heavy atom. The van der Waals surface area contributed by atoms with E-state index in [0.717, 1.165) is 0 Å². The van der Waals surface area contributed by atoms with Crippen molar-refractivity contribution in [1.82, 2.24) is 9.80 Å². The van der Waals surface area contributed by atoms with Crippen molar-refractivity contribution in [1.29, 1.82) is 0 Å². The molecule has 0 radical (unpaired) electrons. The average Bonchev–Trinajstić information content (AvgIpc) is 2.69. The Morgan fingerprint density at radius 1 is 1.37 bits per heavy atom. The van der Waals surface area contributed by atoms with Crippen LogP contribution in [0.3, 0.4) is 0 Å². The Labute approximate surface area is 178 Å². The first-order chi connectivity index (χ1) is 14.2. The zero-order valence-electron chi connectivity index (χ0n) is 18.5. The molecule has 1 N–H and O–H groups in total. The van der Waals surface area contributed by atoms with E-state index >= 15 is 0 Å². The summed E-state index contributed by atoms with van der Waals surface area (Å²) in [6.07, 6.45) is -0.774. The Kier molecular flexibility index (Phi) is 9.64. The van der Waals surface area contributed by atoms with Gasteiger partial charge < -0.3 is 24.2 Å². The van der Waals surface area contributed by atoms with Crippen LogP contribution in [0.1, 0.15) is 31.1 Å². The molecule has 1 aromatic rings. The zero-order valence-corrected chi connectivity index (χ0v) is 18.5. The lowest BCUT2D eigenvalue weighted by atomic mass is 10.1. The Balaban J connectivity index is 1.93.